The molecule has 1 fully saturated rings. The molecule has 2 rings (SSSR count). The van der Waals surface area contributed by atoms with Gasteiger partial charge in [-0.2, -0.15) is 4.39 Å². The van der Waals surface area contributed by atoms with Crippen molar-refractivity contribution in [1.29, 1.82) is 0 Å². The first-order valence-electron chi connectivity index (χ1n) is 4.99. The lowest BCUT2D eigenvalue weighted by molar-refractivity contribution is 0.539. The van der Waals surface area contributed by atoms with E-state index in [1.165, 1.54) is 6.20 Å². The third kappa shape index (κ3) is 1.64. The largest absolute Gasteiger partial charge is 0.330 e. The summed E-state index contributed by atoms with van der Waals surface area (Å²) in [5.41, 5.74) is 6.31. The third-order valence-corrected chi connectivity index (χ3v) is 3.68. The molecule has 15 heavy (non-hydrogen) atoms. The fourth-order valence-corrected chi connectivity index (χ4v) is 2.62. The SMILES string of the molecule is CC1(C)[C@H](CN)[C@H]1c1cc(Cl)cnc1F. The smallest absolute Gasteiger partial charge is 0.216 e. The summed E-state index contributed by atoms with van der Waals surface area (Å²) in [6, 6.07) is 1.66. The van der Waals surface area contributed by atoms with Crippen LogP contribution in [0, 0.1) is 17.3 Å². The molecule has 0 unspecified atom stereocenters. The monoisotopic (exact) mass is 228 g/mol. The van der Waals surface area contributed by atoms with Gasteiger partial charge in [0.25, 0.3) is 0 Å². The molecule has 2 N–H and O–H groups in total. The van der Waals surface area contributed by atoms with E-state index < -0.39 is 5.95 Å². The minimum atomic E-state index is -0.423. The first-order valence-corrected chi connectivity index (χ1v) is 5.37. The van der Waals surface area contributed by atoms with E-state index in [1.807, 2.05) is 0 Å². The second-order valence-electron chi connectivity index (χ2n) is 4.67. The van der Waals surface area contributed by atoms with E-state index in [2.05, 4.69) is 18.8 Å². The van der Waals surface area contributed by atoms with Crippen molar-refractivity contribution < 1.29 is 4.39 Å². The first kappa shape index (κ1) is 10.8. The number of hydrogen-bond donors (Lipinski definition) is 1. The fourth-order valence-electron chi connectivity index (χ4n) is 2.46. The van der Waals surface area contributed by atoms with Crippen LogP contribution < -0.4 is 5.73 Å². The summed E-state index contributed by atoms with van der Waals surface area (Å²) in [6.45, 7) is 4.76. The van der Waals surface area contributed by atoms with Crippen molar-refractivity contribution in [3.63, 3.8) is 0 Å². The molecule has 0 aliphatic heterocycles. The Kier molecular flexibility index (Phi) is 2.47. The van der Waals surface area contributed by atoms with Crippen LogP contribution in [0.3, 0.4) is 0 Å². The number of hydrogen-bond acceptors (Lipinski definition) is 2. The number of aromatic nitrogens is 1. The van der Waals surface area contributed by atoms with Crippen LogP contribution in [0.5, 0.6) is 0 Å². The standard InChI is InChI=1S/C11H14ClFN2/c1-11(2)8(4-14)9(11)7-3-6(12)5-15-10(7)13/h3,5,8-9H,4,14H2,1-2H3/t8-,9-/m1/s1. The molecule has 1 aliphatic carbocycles. The topological polar surface area (TPSA) is 38.9 Å². The molecular weight excluding hydrogens is 215 g/mol. The molecule has 1 aromatic heterocycles. The number of nitrogens with two attached hydrogens (primary N) is 1. The van der Waals surface area contributed by atoms with Crippen LogP contribution >= 0.6 is 11.6 Å². The molecule has 0 bridgehead atoms. The zero-order chi connectivity index (χ0) is 11.2. The van der Waals surface area contributed by atoms with Gasteiger partial charge in [0, 0.05) is 11.8 Å². The zero-order valence-corrected chi connectivity index (χ0v) is 9.55. The van der Waals surface area contributed by atoms with Crippen LogP contribution in [0.2, 0.25) is 5.02 Å². The maximum Gasteiger partial charge on any atom is 0.216 e. The van der Waals surface area contributed by atoms with Gasteiger partial charge in [0.2, 0.25) is 5.95 Å². The van der Waals surface area contributed by atoms with E-state index in [-0.39, 0.29) is 11.3 Å². The first-order chi connectivity index (χ1) is 6.98. The lowest BCUT2D eigenvalue weighted by Crippen LogP contribution is -2.05. The van der Waals surface area contributed by atoms with Gasteiger partial charge in [-0.15, -0.1) is 0 Å². The Morgan fingerprint density at radius 1 is 1.60 bits per heavy atom. The summed E-state index contributed by atoms with van der Waals surface area (Å²) in [6.07, 6.45) is 1.33. The number of halogens is 2. The second kappa shape index (κ2) is 3.42. The van der Waals surface area contributed by atoms with Gasteiger partial charge in [-0.25, -0.2) is 4.98 Å². The van der Waals surface area contributed by atoms with Crippen molar-refractivity contribution in [2.45, 2.75) is 19.8 Å². The highest BCUT2D eigenvalue weighted by Crippen LogP contribution is 2.64. The van der Waals surface area contributed by atoms with Crippen molar-refractivity contribution in [3.8, 4) is 0 Å². The highest BCUT2D eigenvalue weighted by Gasteiger charge is 2.58. The van der Waals surface area contributed by atoms with Crippen molar-refractivity contribution in [2.24, 2.45) is 17.1 Å². The Morgan fingerprint density at radius 3 is 2.80 bits per heavy atom. The minimum absolute atomic E-state index is 0.0575. The Hall–Kier alpha value is -0.670. The number of pyridine rings is 1. The third-order valence-electron chi connectivity index (χ3n) is 3.47. The molecule has 4 heteroatoms. The van der Waals surface area contributed by atoms with E-state index in [9.17, 15) is 4.39 Å². The molecule has 0 saturated heterocycles. The molecule has 0 spiro atoms. The van der Waals surface area contributed by atoms with Gasteiger partial charge < -0.3 is 5.73 Å². The molecule has 1 heterocycles. The average Bonchev–Trinajstić information content (AvgIpc) is 2.72. The summed E-state index contributed by atoms with van der Waals surface area (Å²) in [4.78, 5) is 3.63. The molecule has 1 aromatic rings. The molecule has 1 saturated carbocycles. The molecule has 0 radical (unpaired) electrons. The maximum atomic E-state index is 13.5. The molecular formula is C11H14ClFN2. The van der Waals surface area contributed by atoms with Gasteiger partial charge in [-0.05, 0) is 29.9 Å². The van der Waals surface area contributed by atoms with Gasteiger partial charge in [-0.1, -0.05) is 25.4 Å². The minimum Gasteiger partial charge on any atom is -0.330 e. The molecule has 2 nitrogen and oxygen atoms in total. The fraction of sp³-hybridized carbons (Fsp3) is 0.545. The van der Waals surface area contributed by atoms with Gasteiger partial charge >= 0.3 is 0 Å². The maximum absolute atomic E-state index is 13.5. The van der Waals surface area contributed by atoms with Crippen molar-refractivity contribution in [2.75, 3.05) is 6.54 Å². The molecule has 2 atom stereocenters. The van der Waals surface area contributed by atoms with Gasteiger partial charge in [0.1, 0.15) is 0 Å². The summed E-state index contributed by atoms with van der Waals surface area (Å²) in [5, 5.41) is 0.477. The lowest BCUT2D eigenvalue weighted by Gasteiger charge is -2.04. The van der Waals surface area contributed by atoms with Gasteiger partial charge in [-0.3, -0.25) is 0 Å². The Bertz CT molecular complexity index is 392. The zero-order valence-electron chi connectivity index (χ0n) is 8.80. The van der Waals surface area contributed by atoms with Crippen LogP contribution in [-0.2, 0) is 0 Å². The van der Waals surface area contributed by atoms with E-state index in [4.69, 9.17) is 17.3 Å². The molecule has 0 amide bonds. The van der Waals surface area contributed by atoms with Crippen LogP contribution in [-0.4, -0.2) is 11.5 Å². The summed E-state index contributed by atoms with van der Waals surface area (Å²) < 4.78 is 13.5. The summed E-state index contributed by atoms with van der Waals surface area (Å²) in [7, 11) is 0. The van der Waals surface area contributed by atoms with Gasteiger partial charge in [0.05, 0.1) is 5.02 Å². The Labute approximate surface area is 93.6 Å². The highest BCUT2D eigenvalue weighted by atomic mass is 35.5. The van der Waals surface area contributed by atoms with Crippen LogP contribution in [0.1, 0.15) is 25.3 Å². The van der Waals surface area contributed by atoms with Gasteiger partial charge in [0.15, 0.2) is 0 Å². The number of rotatable bonds is 2. The Balaban J connectivity index is 2.36. The quantitative estimate of drug-likeness (QED) is 0.791. The van der Waals surface area contributed by atoms with Crippen molar-refractivity contribution >= 4 is 11.6 Å². The average molecular weight is 229 g/mol. The highest BCUT2D eigenvalue weighted by molar-refractivity contribution is 6.30. The predicted octanol–water partition coefficient (Wildman–Crippen LogP) is 2.57. The predicted molar refractivity (Wildman–Crippen MR) is 58.3 cm³/mol. The molecule has 1 aliphatic rings. The second-order valence-corrected chi connectivity index (χ2v) is 5.11. The van der Waals surface area contributed by atoms with Crippen LogP contribution in [0.4, 0.5) is 4.39 Å². The lowest BCUT2D eigenvalue weighted by atomic mass is 10.0. The van der Waals surface area contributed by atoms with E-state index >= 15 is 0 Å². The van der Waals surface area contributed by atoms with E-state index in [1.54, 1.807) is 6.07 Å². The van der Waals surface area contributed by atoms with E-state index in [0.29, 0.717) is 23.0 Å². The molecule has 0 aromatic carbocycles. The van der Waals surface area contributed by atoms with Crippen LogP contribution in [0.25, 0.3) is 0 Å². The van der Waals surface area contributed by atoms with E-state index in [0.717, 1.165) is 0 Å². The normalized spacial score (nSPS) is 27.8. The molecule has 82 valence electrons. The Morgan fingerprint density at radius 2 is 2.27 bits per heavy atom. The van der Waals surface area contributed by atoms with Crippen LogP contribution in [0.15, 0.2) is 12.3 Å². The van der Waals surface area contributed by atoms with Crippen molar-refractivity contribution in [3.05, 3.63) is 28.8 Å². The summed E-state index contributed by atoms with van der Waals surface area (Å²) >= 11 is 5.81. The van der Waals surface area contributed by atoms with Crippen molar-refractivity contribution in [1.82, 2.24) is 4.98 Å². The summed E-state index contributed by atoms with van der Waals surface area (Å²) in [5.74, 6) is 0.0504. The number of nitrogens with zero attached hydrogens (tertiary/aromatic N) is 1.